The summed E-state index contributed by atoms with van der Waals surface area (Å²) in [5.41, 5.74) is 0.267. The summed E-state index contributed by atoms with van der Waals surface area (Å²) in [7, 11) is -3.68. The standard InChI is InChI=1S/C23H33N3O4S/c1-3-4-5-6-8-13-24-23(28)20-16-22(27)25-21-12-11-18(15-19(20)21)31(29,30)26-14-9-7-10-17(26)2/h11-12,15-17H,3-10,13-14H2,1-2H3,(H,24,28)(H,25,27). The number of carbonyl (C=O) groups is 1. The number of sulfonamides is 1. The minimum Gasteiger partial charge on any atom is -0.352 e. The summed E-state index contributed by atoms with van der Waals surface area (Å²) in [6.07, 6.45) is 8.10. The third-order valence-corrected chi connectivity index (χ3v) is 7.98. The van der Waals surface area contributed by atoms with Crippen molar-refractivity contribution in [1.82, 2.24) is 14.6 Å². The van der Waals surface area contributed by atoms with Crippen LogP contribution in [0.5, 0.6) is 0 Å². The van der Waals surface area contributed by atoms with E-state index in [1.165, 1.54) is 24.6 Å². The molecule has 2 N–H and O–H groups in total. The van der Waals surface area contributed by atoms with Crippen LogP contribution in [-0.2, 0) is 10.0 Å². The third kappa shape index (κ3) is 5.54. The number of H-pyrrole nitrogens is 1. The monoisotopic (exact) mass is 447 g/mol. The molecule has 3 rings (SSSR count). The van der Waals surface area contributed by atoms with Gasteiger partial charge in [0.25, 0.3) is 5.91 Å². The van der Waals surface area contributed by atoms with Crippen LogP contribution in [0.15, 0.2) is 34.0 Å². The van der Waals surface area contributed by atoms with E-state index in [4.69, 9.17) is 0 Å². The van der Waals surface area contributed by atoms with Crippen molar-refractivity contribution in [2.45, 2.75) is 76.2 Å². The Hall–Kier alpha value is -2.19. The smallest absolute Gasteiger partial charge is 0.252 e. The van der Waals surface area contributed by atoms with Crippen molar-refractivity contribution in [3.63, 3.8) is 0 Å². The number of benzene rings is 1. The second kappa shape index (κ2) is 10.4. The van der Waals surface area contributed by atoms with Crippen LogP contribution in [0.2, 0.25) is 0 Å². The van der Waals surface area contributed by atoms with Crippen LogP contribution in [0.3, 0.4) is 0 Å². The lowest BCUT2D eigenvalue weighted by molar-refractivity contribution is 0.0954. The average Bonchev–Trinajstić information content (AvgIpc) is 2.75. The summed E-state index contributed by atoms with van der Waals surface area (Å²) >= 11 is 0. The van der Waals surface area contributed by atoms with Gasteiger partial charge in [0.05, 0.1) is 10.5 Å². The Morgan fingerprint density at radius 2 is 1.94 bits per heavy atom. The van der Waals surface area contributed by atoms with Crippen LogP contribution in [-0.4, -0.2) is 42.7 Å². The van der Waals surface area contributed by atoms with Gasteiger partial charge >= 0.3 is 0 Å². The molecular weight excluding hydrogens is 414 g/mol. The molecule has 1 fully saturated rings. The third-order valence-electron chi connectivity index (χ3n) is 5.97. The second-order valence-electron chi connectivity index (χ2n) is 8.39. The van der Waals surface area contributed by atoms with Crippen molar-refractivity contribution >= 4 is 26.8 Å². The van der Waals surface area contributed by atoms with E-state index in [1.54, 1.807) is 10.4 Å². The molecule has 0 saturated carbocycles. The number of amides is 1. The number of pyridine rings is 1. The highest BCUT2D eigenvalue weighted by molar-refractivity contribution is 7.89. The van der Waals surface area contributed by atoms with Crippen molar-refractivity contribution in [2.75, 3.05) is 13.1 Å². The van der Waals surface area contributed by atoms with Gasteiger partial charge in [-0.2, -0.15) is 4.31 Å². The topological polar surface area (TPSA) is 99.3 Å². The summed E-state index contributed by atoms with van der Waals surface area (Å²) in [4.78, 5) is 27.7. The quantitative estimate of drug-likeness (QED) is 0.571. The number of hydrogen-bond acceptors (Lipinski definition) is 4. The molecule has 0 bridgehead atoms. The molecule has 8 heteroatoms. The summed E-state index contributed by atoms with van der Waals surface area (Å²) in [6.45, 7) is 5.10. The molecule has 1 aliphatic heterocycles. The van der Waals surface area contributed by atoms with Crippen molar-refractivity contribution in [3.8, 4) is 0 Å². The maximum atomic E-state index is 13.2. The fourth-order valence-corrected chi connectivity index (χ4v) is 5.90. The Morgan fingerprint density at radius 3 is 2.68 bits per heavy atom. The molecule has 1 aromatic carbocycles. The largest absolute Gasteiger partial charge is 0.352 e. The molecule has 170 valence electrons. The number of hydrogen-bond donors (Lipinski definition) is 2. The number of nitrogens with one attached hydrogen (secondary N) is 2. The van der Waals surface area contributed by atoms with Gasteiger partial charge in [0, 0.05) is 36.1 Å². The predicted octanol–water partition coefficient (Wildman–Crippen LogP) is 3.79. The fourth-order valence-electron chi connectivity index (χ4n) is 4.17. The van der Waals surface area contributed by atoms with Gasteiger partial charge in [0.2, 0.25) is 15.6 Å². The molecule has 7 nitrogen and oxygen atoms in total. The molecular formula is C23H33N3O4S. The minimum atomic E-state index is -3.68. The number of nitrogens with zero attached hydrogens (tertiary/aromatic N) is 1. The Kier molecular flexibility index (Phi) is 7.89. The molecule has 31 heavy (non-hydrogen) atoms. The number of unbranched alkanes of at least 4 members (excludes halogenated alkanes) is 4. The van der Waals surface area contributed by atoms with E-state index in [9.17, 15) is 18.0 Å². The van der Waals surface area contributed by atoms with Gasteiger partial charge < -0.3 is 10.3 Å². The molecule has 0 aliphatic carbocycles. The highest BCUT2D eigenvalue weighted by atomic mass is 32.2. The molecule has 2 aromatic rings. The Labute approximate surface area is 184 Å². The molecule has 0 spiro atoms. The van der Waals surface area contributed by atoms with E-state index in [0.29, 0.717) is 24.0 Å². The number of carbonyl (C=O) groups excluding carboxylic acids is 1. The average molecular weight is 448 g/mol. The number of aromatic nitrogens is 1. The minimum absolute atomic E-state index is 0.0551. The molecule has 0 radical (unpaired) electrons. The number of aromatic amines is 1. The van der Waals surface area contributed by atoms with Crippen LogP contribution in [0.4, 0.5) is 0 Å². The van der Waals surface area contributed by atoms with Crippen LogP contribution >= 0.6 is 0 Å². The number of piperidine rings is 1. The van der Waals surface area contributed by atoms with E-state index in [2.05, 4.69) is 17.2 Å². The molecule has 1 aliphatic rings. The van der Waals surface area contributed by atoms with Crippen LogP contribution < -0.4 is 10.9 Å². The van der Waals surface area contributed by atoms with Gasteiger partial charge in [-0.1, -0.05) is 39.0 Å². The zero-order valence-electron chi connectivity index (χ0n) is 18.4. The molecule has 2 heterocycles. The number of rotatable bonds is 9. The van der Waals surface area contributed by atoms with Gasteiger partial charge in [0.15, 0.2) is 0 Å². The first-order valence-corrected chi connectivity index (χ1v) is 12.8. The van der Waals surface area contributed by atoms with Gasteiger partial charge in [-0.15, -0.1) is 0 Å². The van der Waals surface area contributed by atoms with E-state index in [1.807, 2.05) is 6.92 Å². The Bertz CT molecular complexity index is 1080. The van der Waals surface area contributed by atoms with E-state index in [-0.39, 0.29) is 28.0 Å². The molecule has 1 saturated heterocycles. The lowest BCUT2D eigenvalue weighted by Gasteiger charge is -2.32. The fraction of sp³-hybridized carbons (Fsp3) is 0.565. The first-order chi connectivity index (χ1) is 14.8. The van der Waals surface area contributed by atoms with Crippen molar-refractivity contribution in [2.24, 2.45) is 0 Å². The maximum absolute atomic E-state index is 13.2. The number of fused-ring (bicyclic) bond motifs is 1. The van der Waals surface area contributed by atoms with E-state index >= 15 is 0 Å². The lowest BCUT2D eigenvalue weighted by Crippen LogP contribution is -2.41. The van der Waals surface area contributed by atoms with Crippen LogP contribution in [0.1, 0.15) is 75.6 Å². The highest BCUT2D eigenvalue weighted by Crippen LogP contribution is 2.27. The molecule has 1 unspecified atom stereocenters. The first kappa shape index (κ1) is 23.5. The van der Waals surface area contributed by atoms with Gasteiger partial charge in [-0.25, -0.2) is 8.42 Å². The van der Waals surface area contributed by atoms with Crippen molar-refractivity contribution < 1.29 is 13.2 Å². The predicted molar refractivity (Wildman–Crippen MR) is 123 cm³/mol. The SMILES string of the molecule is CCCCCCCNC(=O)c1cc(=O)[nH]c2ccc(S(=O)(=O)N3CCCCC3C)cc12. The summed E-state index contributed by atoms with van der Waals surface area (Å²) in [6, 6.07) is 5.78. The molecule has 1 atom stereocenters. The molecule has 1 amide bonds. The Morgan fingerprint density at radius 1 is 1.16 bits per heavy atom. The highest BCUT2D eigenvalue weighted by Gasteiger charge is 2.31. The van der Waals surface area contributed by atoms with Gasteiger partial charge in [0.1, 0.15) is 0 Å². The van der Waals surface area contributed by atoms with Gasteiger partial charge in [-0.3, -0.25) is 9.59 Å². The normalized spacial score (nSPS) is 17.7. The van der Waals surface area contributed by atoms with Crippen LogP contribution in [0.25, 0.3) is 10.9 Å². The summed E-state index contributed by atoms with van der Waals surface area (Å²) < 4.78 is 28.0. The second-order valence-corrected chi connectivity index (χ2v) is 10.3. The summed E-state index contributed by atoms with van der Waals surface area (Å²) in [5, 5.41) is 3.31. The van der Waals surface area contributed by atoms with E-state index in [0.717, 1.165) is 44.9 Å². The van der Waals surface area contributed by atoms with Crippen molar-refractivity contribution in [3.05, 3.63) is 40.2 Å². The van der Waals surface area contributed by atoms with Crippen LogP contribution in [0, 0.1) is 0 Å². The Balaban J connectivity index is 1.87. The zero-order valence-corrected chi connectivity index (χ0v) is 19.3. The van der Waals surface area contributed by atoms with E-state index < -0.39 is 10.0 Å². The zero-order chi connectivity index (χ0) is 22.4. The lowest BCUT2D eigenvalue weighted by atomic mass is 10.1. The summed E-state index contributed by atoms with van der Waals surface area (Å²) in [5.74, 6) is -0.354. The van der Waals surface area contributed by atoms with Gasteiger partial charge in [-0.05, 0) is 44.4 Å². The first-order valence-electron chi connectivity index (χ1n) is 11.3. The maximum Gasteiger partial charge on any atom is 0.252 e. The molecule has 1 aromatic heterocycles. The van der Waals surface area contributed by atoms with Crippen molar-refractivity contribution in [1.29, 1.82) is 0 Å².